The summed E-state index contributed by atoms with van der Waals surface area (Å²) in [5.41, 5.74) is 3.97. The maximum atomic E-state index is 12.0. The van der Waals surface area contributed by atoms with E-state index in [0.29, 0.717) is 29.3 Å². The van der Waals surface area contributed by atoms with Gasteiger partial charge in [-0.2, -0.15) is 0 Å². The van der Waals surface area contributed by atoms with E-state index >= 15 is 0 Å². The molecule has 0 spiro atoms. The summed E-state index contributed by atoms with van der Waals surface area (Å²) in [6.07, 6.45) is 1.86. The second-order valence-electron chi connectivity index (χ2n) is 8.67. The van der Waals surface area contributed by atoms with Gasteiger partial charge in [-0.05, 0) is 37.6 Å². The Labute approximate surface area is 233 Å². The van der Waals surface area contributed by atoms with Crippen LogP contribution in [0.4, 0.5) is 5.69 Å². The molecule has 0 atom stereocenters. The van der Waals surface area contributed by atoms with Crippen LogP contribution >= 0.6 is 24.8 Å². The van der Waals surface area contributed by atoms with Gasteiger partial charge in [0.05, 0.1) is 18.3 Å². The monoisotopic (exact) mass is 567 g/mol. The summed E-state index contributed by atoms with van der Waals surface area (Å²) >= 11 is 0. The first-order valence-electron chi connectivity index (χ1n) is 11.6. The number of anilines is 1. The van der Waals surface area contributed by atoms with Crippen LogP contribution in [0.2, 0.25) is 0 Å². The SMILES string of the molecule is COc1cc2oc(=O)c(C)c(C)c2cc1OCCN1CCN(c2cccc3cccnc23)CC1.Cl.Cl.O.O. The molecule has 1 fully saturated rings. The molecule has 0 saturated carbocycles. The highest BCUT2D eigenvalue weighted by atomic mass is 35.5. The number of pyridine rings is 1. The molecule has 0 aliphatic carbocycles. The molecule has 0 bridgehead atoms. The normalized spacial score (nSPS) is 13.1. The molecule has 11 heteroatoms. The van der Waals surface area contributed by atoms with Crippen LogP contribution in [0.15, 0.2) is 57.9 Å². The molecule has 2 aromatic carbocycles. The number of aromatic nitrogens is 1. The highest BCUT2D eigenvalue weighted by Gasteiger charge is 2.19. The Morgan fingerprint density at radius 2 is 1.66 bits per heavy atom. The van der Waals surface area contributed by atoms with E-state index < -0.39 is 0 Å². The van der Waals surface area contributed by atoms with Crippen LogP contribution < -0.4 is 20.0 Å². The number of benzene rings is 2. The molecule has 1 aliphatic rings. The number of hydrogen-bond acceptors (Lipinski definition) is 7. The molecule has 5 rings (SSSR count). The van der Waals surface area contributed by atoms with Crippen molar-refractivity contribution in [3.63, 3.8) is 0 Å². The molecule has 208 valence electrons. The van der Waals surface area contributed by atoms with Crippen molar-refractivity contribution in [2.24, 2.45) is 0 Å². The molecule has 0 amide bonds. The zero-order valence-corrected chi connectivity index (χ0v) is 23.3. The summed E-state index contributed by atoms with van der Waals surface area (Å²) in [4.78, 5) is 21.4. The molecule has 1 saturated heterocycles. The first kappa shape index (κ1) is 32.9. The summed E-state index contributed by atoms with van der Waals surface area (Å²) < 4.78 is 17.0. The van der Waals surface area contributed by atoms with Gasteiger partial charge in [0.25, 0.3) is 0 Å². The number of para-hydroxylation sites is 1. The first-order chi connectivity index (χ1) is 16.5. The Morgan fingerprint density at radius 1 is 0.947 bits per heavy atom. The Morgan fingerprint density at radius 3 is 2.37 bits per heavy atom. The van der Waals surface area contributed by atoms with Crippen LogP contribution in [0.3, 0.4) is 0 Å². The van der Waals surface area contributed by atoms with Gasteiger partial charge < -0.3 is 29.7 Å². The molecule has 4 aromatic rings. The Hall–Kier alpha value is -3.08. The second-order valence-corrected chi connectivity index (χ2v) is 8.67. The largest absolute Gasteiger partial charge is 0.493 e. The molecule has 1 aliphatic heterocycles. The van der Waals surface area contributed by atoms with Crippen LogP contribution in [0, 0.1) is 13.8 Å². The minimum absolute atomic E-state index is 0. The lowest BCUT2D eigenvalue weighted by Gasteiger charge is -2.36. The van der Waals surface area contributed by atoms with Gasteiger partial charge in [0.2, 0.25) is 0 Å². The fourth-order valence-electron chi connectivity index (χ4n) is 4.56. The summed E-state index contributed by atoms with van der Waals surface area (Å²) in [5, 5.41) is 2.04. The van der Waals surface area contributed by atoms with Gasteiger partial charge in [-0.3, -0.25) is 9.88 Å². The van der Waals surface area contributed by atoms with Gasteiger partial charge in [0, 0.05) is 61.3 Å². The van der Waals surface area contributed by atoms with Gasteiger partial charge in [0.1, 0.15) is 12.2 Å². The van der Waals surface area contributed by atoms with Crippen molar-refractivity contribution in [2.45, 2.75) is 13.8 Å². The van der Waals surface area contributed by atoms with E-state index in [-0.39, 0.29) is 41.4 Å². The second kappa shape index (κ2) is 14.2. The predicted octanol–water partition coefficient (Wildman–Crippen LogP) is 3.36. The topological polar surface area (TPSA) is 131 Å². The van der Waals surface area contributed by atoms with E-state index in [9.17, 15) is 4.79 Å². The molecule has 0 unspecified atom stereocenters. The Balaban J connectivity index is 0.00000180. The third-order valence-electron chi connectivity index (χ3n) is 6.73. The predicted molar refractivity (Wildman–Crippen MR) is 156 cm³/mol. The van der Waals surface area contributed by atoms with Crippen molar-refractivity contribution >= 4 is 52.4 Å². The highest BCUT2D eigenvalue weighted by molar-refractivity contribution is 5.90. The van der Waals surface area contributed by atoms with E-state index in [1.807, 2.05) is 25.3 Å². The molecule has 2 aromatic heterocycles. The van der Waals surface area contributed by atoms with E-state index in [1.54, 1.807) is 20.1 Å². The Bertz CT molecular complexity index is 1400. The van der Waals surface area contributed by atoms with Crippen LogP contribution in [0.5, 0.6) is 11.5 Å². The number of aryl methyl sites for hydroxylation is 1. The van der Waals surface area contributed by atoms with Crippen molar-refractivity contribution in [3.8, 4) is 11.5 Å². The lowest BCUT2D eigenvalue weighted by atomic mass is 10.1. The number of nitrogens with zero attached hydrogens (tertiary/aromatic N) is 3. The molecule has 3 heterocycles. The van der Waals surface area contributed by atoms with Crippen LogP contribution in [-0.2, 0) is 0 Å². The lowest BCUT2D eigenvalue weighted by Crippen LogP contribution is -2.47. The molecule has 9 nitrogen and oxygen atoms in total. The minimum atomic E-state index is -0.320. The van der Waals surface area contributed by atoms with Crippen LogP contribution in [0.25, 0.3) is 21.9 Å². The van der Waals surface area contributed by atoms with Gasteiger partial charge in [0.15, 0.2) is 11.5 Å². The minimum Gasteiger partial charge on any atom is -0.493 e. The summed E-state index contributed by atoms with van der Waals surface area (Å²) in [6.45, 7) is 8.90. The quantitative estimate of drug-likeness (QED) is 0.326. The van der Waals surface area contributed by atoms with Crippen molar-refractivity contribution < 1.29 is 24.8 Å². The number of hydrogen-bond donors (Lipinski definition) is 0. The summed E-state index contributed by atoms with van der Waals surface area (Å²) in [6, 6.07) is 14.1. The number of methoxy groups -OCH3 is 1. The summed E-state index contributed by atoms with van der Waals surface area (Å²) in [5.74, 6) is 1.22. The standard InChI is InChI=1S/C27H29N3O4.2ClH.2H2O/c1-18-19(2)27(31)34-23-17-24(32-3)25(16-21(18)23)33-15-14-29-10-12-30(13-11-29)22-8-4-6-20-7-5-9-28-26(20)22;;;;/h4-9,16-17H,10-15H2,1-3H3;2*1H;2*1H2. The fourth-order valence-corrected chi connectivity index (χ4v) is 4.56. The number of fused-ring (bicyclic) bond motifs is 2. The van der Waals surface area contributed by atoms with Gasteiger partial charge in [-0.25, -0.2) is 4.79 Å². The van der Waals surface area contributed by atoms with Gasteiger partial charge in [-0.1, -0.05) is 18.2 Å². The van der Waals surface area contributed by atoms with Crippen molar-refractivity contribution in [1.29, 1.82) is 0 Å². The number of rotatable bonds is 6. The zero-order chi connectivity index (χ0) is 23.7. The van der Waals surface area contributed by atoms with Crippen molar-refractivity contribution in [2.75, 3.05) is 51.3 Å². The third kappa shape index (κ3) is 6.48. The molecular formula is C27H35Cl2N3O6. The average Bonchev–Trinajstić information content (AvgIpc) is 2.87. The molecular weight excluding hydrogens is 533 g/mol. The number of ether oxygens (including phenoxy) is 2. The van der Waals surface area contributed by atoms with Crippen LogP contribution in [-0.4, -0.2) is 67.3 Å². The highest BCUT2D eigenvalue weighted by Crippen LogP contribution is 2.34. The Kier molecular flexibility index (Phi) is 12.3. The maximum Gasteiger partial charge on any atom is 0.339 e. The lowest BCUT2D eigenvalue weighted by molar-refractivity contribution is 0.197. The van der Waals surface area contributed by atoms with Crippen molar-refractivity contribution in [3.05, 3.63) is 70.2 Å². The third-order valence-corrected chi connectivity index (χ3v) is 6.73. The van der Waals surface area contributed by atoms with E-state index in [1.165, 1.54) is 11.1 Å². The van der Waals surface area contributed by atoms with Gasteiger partial charge >= 0.3 is 5.63 Å². The van der Waals surface area contributed by atoms with E-state index in [4.69, 9.17) is 13.9 Å². The van der Waals surface area contributed by atoms with E-state index in [0.717, 1.165) is 49.2 Å². The summed E-state index contributed by atoms with van der Waals surface area (Å²) in [7, 11) is 1.59. The van der Waals surface area contributed by atoms with Crippen molar-refractivity contribution in [1.82, 2.24) is 9.88 Å². The molecule has 38 heavy (non-hydrogen) atoms. The number of halogens is 2. The van der Waals surface area contributed by atoms with E-state index in [2.05, 4.69) is 39.0 Å². The average molecular weight is 568 g/mol. The number of piperazine rings is 1. The zero-order valence-electron chi connectivity index (χ0n) is 21.7. The maximum absolute atomic E-state index is 12.0. The molecule has 4 N–H and O–H groups in total. The first-order valence-corrected chi connectivity index (χ1v) is 11.6. The van der Waals surface area contributed by atoms with Gasteiger partial charge in [-0.15, -0.1) is 24.8 Å². The van der Waals surface area contributed by atoms with Crippen LogP contribution in [0.1, 0.15) is 11.1 Å². The fraction of sp³-hybridized carbons (Fsp3) is 0.333. The smallest absolute Gasteiger partial charge is 0.339 e. The molecule has 0 radical (unpaired) electrons.